The van der Waals surface area contributed by atoms with E-state index in [9.17, 15) is 19.8 Å². The molecule has 2 N–H and O–H groups in total. The van der Waals surface area contributed by atoms with Crippen molar-refractivity contribution in [1.82, 2.24) is 14.5 Å². The van der Waals surface area contributed by atoms with Gasteiger partial charge in [0.15, 0.2) is 5.60 Å². The number of phenolic OH excluding ortho intramolecular Hbond substituents is 1. The van der Waals surface area contributed by atoms with Gasteiger partial charge < -0.3 is 36.8 Å². The molecule has 8 nitrogen and oxygen atoms in total. The van der Waals surface area contributed by atoms with E-state index in [0.29, 0.717) is 41.1 Å². The fourth-order valence-electron chi connectivity index (χ4n) is 4.58. The number of nitrogens with zero attached hydrogens (tertiary/aromatic N) is 3. The van der Waals surface area contributed by atoms with Crippen LogP contribution >= 0.6 is 0 Å². The predicted molar refractivity (Wildman–Crippen MR) is 114 cm³/mol. The van der Waals surface area contributed by atoms with Crippen molar-refractivity contribution < 1.29 is 32.2 Å². The summed E-state index contributed by atoms with van der Waals surface area (Å²) in [5.74, 6) is -0.532. The van der Waals surface area contributed by atoms with Gasteiger partial charge in [0.1, 0.15) is 12.4 Å². The monoisotopic (exact) mass is 456 g/mol. The topological polar surface area (TPSA) is 105 Å². The number of phenols is 1. The first-order valence-corrected chi connectivity index (χ1v) is 10.2. The second-order valence-electron chi connectivity index (χ2n) is 8.47. The van der Waals surface area contributed by atoms with E-state index in [2.05, 4.69) is 0 Å². The number of halogens is 1. The van der Waals surface area contributed by atoms with E-state index >= 15 is 0 Å². The predicted octanol–water partition coefficient (Wildman–Crippen LogP) is -1.15. The Morgan fingerprint density at radius 2 is 2.00 bits per heavy atom. The number of cyclic esters (lactones) is 1. The Balaban J connectivity index is 0.00000245. The standard InChI is InChI=1S/C23H23N3O5.ClH/c1-4-23(30)16-8-18-20-12(9-26(18)21(28)15(16)11-31-22(23)29)7-13-14(10-25(2)3)19(27)6-5-17(13)24-20;/h5-8,27,30H,4,9-11H2,1-3H3;1H/p-1/t23-;/m0./s1. The van der Waals surface area contributed by atoms with Crippen LogP contribution in [0.15, 0.2) is 29.1 Å². The molecule has 168 valence electrons. The lowest BCUT2D eigenvalue weighted by molar-refractivity contribution is -0.172. The molecule has 2 aliphatic heterocycles. The van der Waals surface area contributed by atoms with Crippen LogP contribution in [0.1, 0.15) is 35.6 Å². The molecule has 0 unspecified atom stereocenters. The van der Waals surface area contributed by atoms with Crippen molar-refractivity contribution in [1.29, 1.82) is 0 Å². The first kappa shape index (κ1) is 22.3. The maximum absolute atomic E-state index is 13.2. The molecule has 32 heavy (non-hydrogen) atoms. The van der Waals surface area contributed by atoms with E-state index in [-0.39, 0.29) is 36.7 Å². The molecule has 0 spiro atoms. The summed E-state index contributed by atoms with van der Waals surface area (Å²) in [6.07, 6.45) is 0.104. The average molecular weight is 457 g/mol. The van der Waals surface area contributed by atoms with Gasteiger partial charge in [0.2, 0.25) is 0 Å². The van der Waals surface area contributed by atoms with E-state index < -0.39 is 11.6 Å². The fourth-order valence-corrected chi connectivity index (χ4v) is 4.58. The summed E-state index contributed by atoms with van der Waals surface area (Å²) in [6.45, 7) is 2.41. The molecule has 4 heterocycles. The van der Waals surface area contributed by atoms with Crippen molar-refractivity contribution in [2.24, 2.45) is 0 Å². The summed E-state index contributed by atoms with van der Waals surface area (Å²) < 4.78 is 6.71. The van der Waals surface area contributed by atoms with Crippen LogP contribution in [0.3, 0.4) is 0 Å². The van der Waals surface area contributed by atoms with Gasteiger partial charge >= 0.3 is 5.97 Å². The minimum absolute atomic E-state index is 0. The molecular weight excluding hydrogens is 434 g/mol. The SMILES string of the molecule is CC[C@@]1(O)C(=O)OCc2c1cc1n(c2=O)Cc2cc3c(CN(C)C)c(O)ccc3nc2-1.[Cl-]. The molecule has 0 aliphatic carbocycles. The molecule has 2 aliphatic rings. The second kappa shape index (κ2) is 7.58. The Kier molecular flexibility index (Phi) is 5.27. The minimum atomic E-state index is -1.84. The summed E-state index contributed by atoms with van der Waals surface area (Å²) in [5.41, 5.74) is 2.03. The number of hydrogen-bond donors (Lipinski definition) is 2. The molecule has 0 bridgehead atoms. The normalized spacial score (nSPS) is 18.7. The van der Waals surface area contributed by atoms with Gasteiger partial charge in [0.05, 0.1) is 29.0 Å². The molecule has 1 aromatic carbocycles. The van der Waals surface area contributed by atoms with Gasteiger partial charge in [-0.2, -0.15) is 0 Å². The van der Waals surface area contributed by atoms with E-state index in [1.807, 2.05) is 25.1 Å². The van der Waals surface area contributed by atoms with Crippen molar-refractivity contribution in [3.05, 3.63) is 56.9 Å². The van der Waals surface area contributed by atoms with Crippen LogP contribution in [0.4, 0.5) is 0 Å². The molecule has 0 saturated heterocycles. The van der Waals surface area contributed by atoms with Crippen LogP contribution in [0, 0.1) is 0 Å². The smallest absolute Gasteiger partial charge is 0.343 e. The van der Waals surface area contributed by atoms with Crippen molar-refractivity contribution in [3.8, 4) is 17.1 Å². The van der Waals surface area contributed by atoms with Crippen molar-refractivity contribution >= 4 is 16.9 Å². The molecule has 2 aromatic heterocycles. The highest BCUT2D eigenvalue weighted by Gasteiger charge is 2.45. The lowest BCUT2D eigenvalue weighted by Gasteiger charge is -2.31. The van der Waals surface area contributed by atoms with Crippen molar-refractivity contribution in [3.63, 3.8) is 0 Å². The number of esters is 1. The molecule has 0 amide bonds. The van der Waals surface area contributed by atoms with Gasteiger partial charge in [0, 0.05) is 28.6 Å². The molecule has 0 saturated carbocycles. The molecule has 0 radical (unpaired) electrons. The van der Waals surface area contributed by atoms with Crippen LogP contribution in [0.25, 0.3) is 22.3 Å². The summed E-state index contributed by atoms with van der Waals surface area (Å²) >= 11 is 0. The largest absolute Gasteiger partial charge is 1.00 e. The lowest BCUT2D eigenvalue weighted by Crippen LogP contribution is -3.00. The highest BCUT2D eigenvalue weighted by Crippen LogP contribution is 2.39. The molecule has 5 rings (SSSR count). The van der Waals surface area contributed by atoms with Gasteiger partial charge in [0.25, 0.3) is 5.56 Å². The van der Waals surface area contributed by atoms with Crippen LogP contribution < -0.4 is 18.0 Å². The number of hydrogen-bond acceptors (Lipinski definition) is 7. The summed E-state index contributed by atoms with van der Waals surface area (Å²) in [5, 5.41) is 22.2. The number of carbonyl (C=O) groups is 1. The Hall–Kier alpha value is -2.94. The molecular formula is C23H23ClN3O5-. The zero-order chi connectivity index (χ0) is 22.1. The van der Waals surface area contributed by atoms with Crippen LogP contribution in [0.5, 0.6) is 5.75 Å². The quantitative estimate of drug-likeness (QED) is 0.375. The molecule has 1 atom stereocenters. The zero-order valence-electron chi connectivity index (χ0n) is 18.0. The third-order valence-electron chi connectivity index (χ3n) is 6.25. The number of carbonyl (C=O) groups excluding carboxylic acids is 1. The number of pyridine rings is 2. The Bertz CT molecular complexity index is 1330. The van der Waals surface area contributed by atoms with E-state index in [0.717, 1.165) is 16.5 Å². The first-order valence-electron chi connectivity index (χ1n) is 10.2. The molecule has 9 heteroatoms. The van der Waals surface area contributed by atoms with Crippen molar-refractivity contribution in [2.45, 2.75) is 38.6 Å². The molecule has 0 fully saturated rings. The Morgan fingerprint density at radius 1 is 1.25 bits per heavy atom. The van der Waals surface area contributed by atoms with Crippen LogP contribution in [-0.4, -0.2) is 44.7 Å². The number of aromatic hydroxyl groups is 1. The highest BCUT2D eigenvalue weighted by atomic mass is 35.5. The fraction of sp³-hybridized carbons (Fsp3) is 0.348. The van der Waals surface area contributed by atoms with Crippen molar-refractivity contribution in [2.75, 3.05) is 14.1 Å². The maximum Gasteiger partial charge on any atom is 0.343 e. The number of aliphatic hydroxyl groups is 1. The third kappa shape index (κ3) is 3.02. The average Bonchev–Trinajstić information content (AvgIpc) is 3.10. The van der Waals surface area contributed by atoms with Gasteiger partial charge in [-0.05, 0) is 44.8 Å². The third-order valence-corrected chi connectivity index (χ3v) is 6.25. The summed E-state index contributed by atoms with van der Waals surface area (Å²) in [7, 11) is 3.86. The zero-order valence-corrected chi connectivity index (χ0v) is 18.7. The number of rotatable bonds is 3. The number of ether oxygens (including phenoxy) is 1. The van der Waals surface area contributed by atoms with E-state index in [1.54, 1.807) is 29.7 Å². The van der Waals surface area contributed by atoms with Crippen LogP contribution in [0.2, 0.25) is 0 Å². The highest BCUT2D eigenvalue weighted by molar-refractivity contribution is 5.89. The van der Waals surface area contributed by atoms with Gasteiger partial charge in [-0.3, -0.25) is 4.79 Å². The van der Waals surface area contributed by atoms with E-state index in [1.165, 1.54) is 0 Å². The molecule has 3 aromatic rings. The van der Waals surface area contributed by atoms with E-state index in [4.69, 9.17) is 9.72 Å². The first-order chi connectivity index (χ1) is 14.7. The lowest BCUT2D eigenvalue weighted by atomic mass is 9.86. The summed E-state index contributed by atoms with van der Waals surface area (Å²) in [6, 6.07) is 7.05. The summed E-state index contributed by atoms with van der Waals surface area (Å²) in [4.78, 5) is 32.3. The van der Waals surface area contributed by atoms with Gasteiger partial charge in [-0.1, -0.05) is 6.92 Å². The minimum Gasteiger partial charge on any atom is -1.00 e. The van der Waals surface area contributed by atoms with Crippen LogP contribution in [-0.2, 0) is 34.8 Å². The van der Waals surface area contributed by atoms with Gasteiger partial charge in [-0.25, -0.2) is 9.78 Å². The maximum atomic E-state index is 13.2. The number of aromatic nitrogens is 2. The van der Waals surface area contributed by atoms with Gasteiger partial charge in [-0.15, -0.1) is 0 Å². The Morgan fingerprint density at radius 3 is 2.69 bits per heavy atom. The Labute approximate surface area is 190 Å². The number of fused-ring (bicyclic) bond motifs is 5. The second-order valence-corrected chi connectivity index (χ2v) is 8.47. The number of benzene rings is 1.